The number of likely N-dealkylation sites (N-methyl/N-ethyl adjacent to an activating group) is 1. The van der Waals surface area contributed by atoms with E-state index in [0.29, 0.717) is 27.3 Å². The summed E-state index contributed by atoms with van der Waals surface area (Å²) in [6.45, 7) is 0.955. The smallest absolute Gasteiger partial charge is 0.179 e. The Morgan fingerprint density at radius 2 is 2.26 bits per heavy atom. The molecule has 0 N–H and O–H groups in total. The fraction of sp³-hybridized carbons (Fsp3) is 0.333. The lowest BCUT2D eigenvalue weighted by atomic mass is 10.2. The van der Waals surface area contributed by atoms with E-state index in [2.05, 4.69) is 5.10 Å². The van der Waals surface area contributed by atoms with Gasteiger partial charge < -0.3 is 0 Å². The number of hydrogen-bond acceptors (Lipinski definition) is 4. The zero-order valence-corrected chi connectivity index (χ0v) is 12.9. The first-order chi connectivity index (χ1) is 8.95. The average molecular weight is 318 g/mol. The quantitative estimate of drug-likeness (QED) is 0.795. The Balaban J connectivity index is 1.97. The zero-order chi connectivity index (χ0) is 14.0. The predicted octanol–water partition coefficient (Wildman–Crippen LogP) is 3.10. The van der Waals surface area contributed by atoms with Crippen LogP contribution in [0.15, 0.2) is 18.5 Å². The molecule has 102 valence electrons. The second kappa shape index (κ2) is 6.05. The number of carbonyl (C=O) groups is 1. The number of thiophene rings is 1. The average Bonchev–Trinajstić information content (AvgIpc) is 2.84. The number of Topliss-reactive ketones (excluding diaryl/α,β-unsaturated/α-hetero) is 1. The fourth-order valence-electron chi connectivity index (χ4n) is 1.78. The number of aryl methyl sites for hydroxylation is 1. The Hall–Kier alpha value is -0.880. The SMILES string of the molecule is CN(CC(=O)c1cc(Cl)sc1Cl)Cc1cnn(C)c1. The van der Waals surface area contributed by atoms with Crippen molar-refractivity contribution in [3.63, 3.8) is 0 Å². The molecule has 0 aliphatic rings. The second-order valence-corrected chi connectivity index (χ2v) is 6.64. The van der Waals surface area contributed by atoms with Crippen molar-refractivity contribution < 1.29 is 4.79 Å². The molecule has 0 aliphatic heterocycles. The van der Waals surface area contributed by atoms with Crippen molar-refractivity contribution in [1.29, 1.82) is 0 Å². The first kappa shape index (κ1) is 14.5. The van der Waals surface area contributed by atoms with Crippen LogP contribution in [0.25, 0.3) is 0 Å². The van der Waals surface area contributed by atoms with E-state index in [1.165, 1.54) is 11.3 Å². The highest BCUT2D eigenvalue weighted by Crippen LogP contribution is 2.31. The molecule has 2 aromatic heterocycles. The maximum Gasteiger partial charge on any atom is 0.179 e. The van der Waals surface area contributed by atoms with Crippen molar-refractivity contribution in [2.75, 3.05) is 13.6 Å². The molecule has 0 radical (unpaired) electrons. The maximum atomic E-state index is 12.1. The van der Waals surface area contributed by atoms with Gasteiger partial charge in [-0.05, 0) is 13.1 Å². The highest BCUT2D eigenvalue weighted by atomic mass is 35.5. The van der Waals surface area contributed by atoms with Crippen LogP contribution in [0.2, 0.25) is 8.67 Å². The Labute approximate surface area is 125 Å². The van der Waals surface area contributed by atoms with Crippen molar-refractivity contribution in [2.24, 2.45) is 7.05 Å². The van der Waals surface area contributed by atoms with Crippen LogP contribution in [0.5, 0.6) is 0 Å². The Bertz CT molecular complexity index is 594. The number of rotatable bonds is 5. The van der Waals surface area contributed by atoms with Gasteiger partial charge in [0.05, 0.1) is 22.6 Å². The van der Waals surface area contributed by atoms with E-state index in [4.69, 9.17) is 23.2 Å². The molecule has 0 fully saturated rings. The molecular formula is C12H13Cl2N3OS. The molecule has 0 saturated carbocycles. The van der Waals surface area contributed by atoms with Gasteiger partial charge in [0, 0.05) is 25.4 Å². The molecule has 2 heterocycles. The van der Waals surface area contributed by atoms with Crippen LogP contribution < -0.4 is 0 Å². The standard InChI is InChI=1S/C12H13Cl2N3OS/c1-16(5-8-4-15-17(2)6-8)7-10(18)9-3-11(13)19-12(9)14/h3-4,6H,5,7H2,1-2H3. The van der Waals surface area contributed by atoms with E-state index in [0.717, 1.165) is 5.56 Å². The maximum absolute atomic E-state index is 12.1. The minimum absolute atomic E-state index is 0.0282. The number of hydrogen-bond donors (Lipinski definition) is 0. The summed E-state index contributed by atoms with van der Waals surface area (Å²) in [5.41, 5.74) is 1.56. The molecule has 0 unspecified atom stereocenters. The Morgan fingerprint density at radius 1 is 1.53 bits per heavy atom. The third kappa shape index (κ3) is 3.79. The molecule has 2 aromatic rings. The van der Waals surface area contributed by atoms with Crippen LogP contribution >= 0.6 is 34.5 Å². The van der Waals surface area contributed by atoms with E-state index in [1.54, 1.807) is 16.9 Å². The van der Waals surface area contributed by atoms with Crippen LogP contribution in [-0.4, -0.2) is 34.1 Å². The number of nitrogens with zero attached hydrogens (tertiary/aromatic N) is 3. The number of ketones is 1. The molecule has 0 spiro atoms. The summed E-state index contributed by atoms with van der Waals surface area (Å²) >= 11 is 13.0. The van der Waals surface area contributed by atoms with Gasteiger partial charge in [0.1, 0.15) is 4.34 Å². The highest BCUT2D eigenvalue weighted by molar-refractivity contribution is 7.20. The molecule has 7 heteroatoms. The molecule has 19 heavy (non-hydrogen) atoms. The molecule has 0 atom stereocenters. The van der Waals surface area contributed by atoms with Gasteiger partial charge in [-0.2, -0.15) is 5.10 Å². The van der Waals surface area contributed by atoms with Crippen molar-refractivity contribution >= 4 is 40.3 Å². The lowest BCUT2D eigenvalue weighted by Gasteiger charge is -2.14. The lowest BCUT2D eigenvalue weighted by molar-refractivity contribution is 0.0943. The van der Waals surface area contributed by atoms with E-state index in [1.807, 2.05) is 25.2 Å². The topological polar surface area (TPSA) is 38.1 Å². The number of aromatic nitrogens is 2. The molecule has 0 saturated heterocycles. The van der Waals surface area contributed by atoms with Crippen molar-refractivity contribution in [2.45, 2.75) is 6.54 Å². The summed E-state index contributed by atoms with van der Waals surface area (Å²) in [4.78, 5) is 14.0. The van der Waals surface area contributed by atoms with E-state index in [9.17, 15) is 4.79 Å². The van der Waals surface area contributed by atoms with Gasteiger partial charge in [0.25, 0.3) is 0 Å². The largest absolute Gasteiger partial charge is 0.294 e. The molecule has 0 aromatic carbocycles. The first-order valence-corrected chi connectivity index (χ1v) is 7.17. The Kier molecular flexibility index (Phi) is 4.62. The summed E-state index contributed by atoms with van der Waals surface area (Å²) in [7, 11) is 3.74. The summed E-state index contributed by atoms with van der Waals surface area (Å²) in [5.74, 6) is -0.0282. The molecule has 2 rings (SSSR count). The number of carbonyl (C=O) groups excluding carboxylic acids is 1. The van der Waals surface area contributed by atoms with Crippen LogP contribution in [0.4, 0.5) is 0 Å². The minimum Gasteiger partial charge on any atom is -0.294 e. The molecule has 0 bridgehead atoms. The van der Waals surface area contributed by atoms with Gasteiger partial charge in [0.2, 0.25) is 0 Å². The van der Waals surface area contributed by atoms with E-state index < -0.39 is 0 Å². The third-order valence-electron chi connectivity index (χ3n) is 2.58. The Morgan fingerprint density at radius 3 is 2.79 bits per heavy atom. The lowest BCUT2D eigenvalue weighted by Crippen LogP contribution is -2.25. The van der Waals surface area contributed by atoms with Crippen molar-refractivity contribution in [3.05, 3.63) is 38.3 Å². The van der Waals surface area contributed by atoms with Crippen LogP contribution in [0, 0.1) is 0 Å². The normalized spacial score (nSPS) is 11.2. The fourth-order valence-corrected chi connectivity index (χ4v) is 3.28. The molecule has 0 aliphatic carbocycles. The van der Waals surface area contributed by atoms with Crippen molar-refractivity contribution in [1.82, 2.24) is 14.7 Å². The molecule has 4 nitrogen and oxygen atoms in total. The minimum atomic E-state index is -0.0282. The van der Waals surface area contributed by atoms with Gasteiger partial charge in [-0.25, -0.2) is 0 Å². The molecular weight excluding hydrogens is 305 g/mol. The van der Waals surface area contributed by atoms with Crippen molar-refractivity contribution in [3.8, 4) is 0 Å². The van der Waals surface area contributed by atoms with Crippen LogP contribution in [0.3, 0.4) is 0 Å². The highest BCUT2D eigenvalue weighted by Gasteiger charge is 2.16. The van der Waals surface area contributed by atoms with Gasteiger partial charge in [0.15, 0.2) is 5.78 Å². The number of halogens is 2. The predicted molar refractivity (Wildman–Crippen MR) is 78.2 cm³/mol. The van der Waals surface area contributed by atoms with Gasteiger partial charge in [-0.1, -0.05) is 23.2 Å². The van der Waals surface area contributed by atoms with E-state index in [-0.39, 0.29) is 5.78 Å². The molecule has 0 amide bonds. The van der Waals surface area contributed by atoms with Gasteiger partial charge in [-0.3, -0.25) is 14.4 Å². The first-order valence-electron chi connectivity index (χ1n) is 5.60. The zero-order valence-electron chi connectivity index (χ0n) is 10.6. The summed E-state index contributed by atoms with van der Waals surface area (Å²) < 4.78 is 2.72. The van der Waals surface area contributed by atoms with Crippen LogP contribution in [0.1, 0.15) is 15.9 Å². The summed E-state index contributed by atoms with van der Waals surface area (Å²) in [6, 6.07) is 1.62. The van der Waals surface area contributed by atoms with Gasteiger partial charge >= 0.3 is 0 Å². The second-order valence-electron chi connectivity index (χ2n) is 4.36. The summed E-state index contributed by atoms with van der Waals surface area (Å²) in [5, 5.41) is 4.09. The van der Waals surface area contributed by atoms with E-state index >= 15 is 0 Å². The van der Waals surface area contributed by atoms with Crippen LogP contribution in [-0.2, 0) is 13.6 Å². The third-order valence-corrected chi connectivity index (χ3v) is 4.07. The monoisotopic (exact) mass is 317 g/mol. The van der Waals surface area contributed by atoms with Gasteiger partial charge in [-0.15, -0.1) is 11.3 Å². The summed E-state index contributed by atoms with van der Waals surface area (Å²) in [6.07, 6.45) is 3.71.